The molecule has 2 aromatic rings. The van der Waals surface area contributed by atoms with Crippen LogP contribution in [0.2, 0.25) is 0 Å². The lowest BCUT2D eigenvalue weighted by atomic mass is 10.1. The summed E-state index contributed by atoms with van der Waals surface area (Å²) >= 11 is 5.19. The molecule has 0 bridgehead atoms. The van der Waals surface area contributed by atoms with Crippen LogP contribution in [0.5, 0.6) is 5.75 Å². The lowest BCUT2D eigenvalue weighted by Gasteiger charge is -2.15. The van der Waals surface area contributed by atoms with Crippen LogP contribution in [0.3, 0.4) is 0 Å². The van der Waals surface area contributed by atoms with Gasteiger partial charge < -0.3 is 10.1 Å². The van der Waals surface area contributed by atoms with Gasteiger partial charge in [0.05, 0.1) is 17.6 Å². The molecular formula is C13H15BrN2OS. The third-order valence-electron chi connectivity index (χ3n) is 2.68. The summed E-state index contributed by atoms with van der Waals surface area (Å²) in [4.78, 5) is 4.54. The van der Waals surface area contributed by atoms with Crippen LogP contribution in [0.4, 0.5) is 0 Å². The average Bonchev–Trinajstić information content (AvgIpc) is 2.77. The van der Waals surface area contributed by atoms with E-state index in [4.69, 9.17) is 4.74 Å². The zero-order chi connectivity index (χ0) is 13.1. The number of halogens is 1. The number of ether oxygens (including phenoxy) is 1. The van der Waals surface area contributed by atoms with Crippen LogP contribution in [0.25, 0.3) is 0 Å². The second-order valence-electron chi connectivity index (χ2n) is 3.94. The maximum Gasteiger partial charge on any atom is 0.133 e. The van der Waals surface area contributed by atoms with Gasteiger partial charge in [-0.05, 0) is 47.6 Å². The number of benzene rings is 1. The van der Waals surface area contributed by atoms with E-state index in [0.29, 0.717) is 0 Å². The fraction of sp³-hybridized carbons (Fsp3) is 0.308. The summed E-state index contributed by atoms with van der Waals surface area (Å²) in [6.07, 6.45) is 0. The molecule has 0 saturated carbocycles. The van der Waals surface area contributed by atoms with Gasteiger partial charge in [0.15, 0.2) is 0 Å². The number of hydrogen-bond donors (Lipinski definition) is 1. The lowest BCUT2D eigenvalue weighted by molar-refractivity contribution is 0.412. The minimum Gasteiger partial charge on any atom is -0.496 e. The first-order chi connectivity index (χ1) is 8.65. The molecule has 0 fully saturated rings. The fourth-order valence-corrected chi connectivity index (χ4v) is 3.29. The van der Waals surface area contributed by atoms with E-state index < -0.39 is 0 Å². The van der Waals surface area contributed by atoms with E-state index in [2.05, 4.69) is 43.7 Å². The van der Waals surface area contributed by atoms with Gasteiger partial charge in [-0.15, -0.1) is 11.3 Å². The molecule has 3 nitrogen and oxygen atoms in total. The topological polar surface area (TPSA) is 34.1 Å². The molecule has 0 aliphatic rings. The first-order valence-corrected chi connectivity index (χ1v) is 7.25. The number of rotatable bonds is 4. The van der Waals surface area contributed by atoms with Crippen molar-refractivity contribution in [3.8, 4) is 5.75 Å². The highest BCUT2D eigenvalue weighted by Crippen LogP contribution is 2.31. The minimum absolute atomic E-state index is 0.117. The third kappa shape index (κ3) is 2.74. The Morgan fingerprint density at radius 2 is 2.22 bits per heavy atom. The number of hydrogen-bond acceptors (Lipinski definition) is 4. The summed E-state index contributed by atoms with van der Waals surface area (Å²) in [6, 6.07) is 6.20. The van der Waals surface area contributed by atoms with Crippen molar-refractivity contribution >= 4 is 27.3 Å². The molecule has 1 aromatic heterocycles. The molecule has 96 valence electrons. The van der Waals surface area contributed by atoms with Crippen molar-refractivity contribution in [1.82, 2.24) is 10.3 Å². The summed E-state index contributed by atoms with van der Waals surface area (Å²) in [5.41, 5.74) is 2.22. The Morgan fingerprint density at radius 3 is 2.72 bits per heavy atom. The van der Waals surface area contributed by atoms with Gasteiger partial charge in [-0.2, -0.15) is 0 Å². The number of methoxy groups -OCH3 is 1. The van der Waals surface area contributed by atoms with Crippen LogP contribution in [-0.4, -0.2) is 19.1 Å². The number of thiazole rings is 1. The minimum atomic E-state index is 0.117. The van der Waals surface area contributed by atoms with Crippen molar-refractivity contribution in [2.45, 2.75) is 13.0 Å². The van der Waals surface area contributed by atoms with Crippen molar-refractivity contribution in [3.63, 3.8) is 0 Å². The van der Waals surface area contributed by atoms with Gasteiger partial charge in [0.25, 0.3) is 0 Å². The summed E-state index contributed by atoms with van der Waals surface area (Å²) in [6.45, 7) is 2.01. The number of aromatic nitrogens is 1. The van der Waals surface area contributed by atoms with Gasteiger partial charge in [0.1, 0.15) is 10.8 Å². The average molecular weight is 327 g/mol. The monoisotopic (exact) mass is 326 g/mol. The molecule has 1 unspecified atom stereocenters. The Morgan fingerprint density at radius 1 is 1.44 bits per heavy atom. The molecule has 0 radical (unpaired) electrons. The zero-order valence-electron chi connectivity index (χ0n) is 10.5. The number of aryl methyl sites for hydroxylation is 1. The molecular weight excluding hydrogens is 312 g/mol. The van der Waals surface area contributed by atoms with Crippen molar-refractivity contribution < 1.29 is 4.74 Å². The smallest absolute Gasteiger partial charge is 0.133 e. The molecule has 0 amide bonds. The molecule has 0 spiro atoms. The Kier molecular flexibility index (Phi) is 4.37. The van der Waals surface area contributed by atoms with Crippen molar-refractivity contribution in [2.24, 2.45) is 0 Å². The Hall–Kier alpha value is -0.910. The first kappa shape index (κ1) is 13.5. The zero-order valence-corrected chi connectivity index (χ0v) is 12.9. The second-order valence-corrected chi connectivity index (χ2v) is 5.69. The van der Waals surface area contributed by atoms with Crippen molar-refractivity contribution in [3.05, 3.63) is 44.3 Å². The Bertz CT molecular complexity index is 542. The van der Waals surface area contributed by atoms with E-state index in [1.54, 1.807) is 18.4 Å². The summed E-state index contributed by atoms with van der Waals surface area (Å²) in [5, 5.41) is 6.44. The van der Waals surface area contributed by atoms with Crippen LogP contribution >= 0.6 is 27.3 Å². The molecule has 0 aliphatic carbocycles. The van der Waals surface area contributed by atoms with Crippen LogP contribution in [0, 0.1) is 6.92 Å². The predicted molar refractivity (Wildman–Crippen MR) is 78.4 cm³/mol. The quantitative estimate of drug-likeness (QED) is 0.933. The largest absolute Gasteiger partial charge is 0.496 e. The molecule has 1 aromatic carbocycles. The maximum atomic E-state index is 5.24. The molecule has 1 atom stereocenters. The molecule has 0 aliphatic heterocycles. The van der Waals surface area contributed by atoms with Crippen LogP contribution in [0.1, 0.15) is 22.3 Å². The van der Waals surface area contributed by atoms with Gasteiger partial charge in [-0.3, -0.25) is 0 Å². The van der Waals surface area contributed by atoms with Gasteiger partial charge >= 0.3 is 0 Å². The Labute approximate surface area is 119 Å². The van der Waals surface area contributed by atoms with E-state index in [-0.39, 0.29) is 6.04 Å². The van der Waals surface area contributed by atoms with Crippen molar-refractivity contribution in [2.75, 3.05) is 14.2 Å². The molecule has 5 heteroatoms. The Balaban J connectivity index is 2.36. The maximum absolute atomic E-state index is 5.24. The lowest BCUT2D eigenvalue weighted by Crippen LogP contribution is -2.17. The van der Waals surface area contributed by atoms with Gasteiger partial charge in [-0.25, -0.2) is 4.98 Å². The molecule has 18 heavy (non-hydrogen) atoms. The summed E-state index contributed by atoms with van der Waals surface area (Å²) in [5.74, 6) is 0.837. The molecule has 0 saturated heterocycles. The van der Waals surface area contributed by atoms with Crippen LogP contribution in [0.15, 0.2) is 28.1 Å². The SMILES string of the molecule is CNC(c1ccc(OC)c(Br)c1)c1nc(C)cs1. The summed E-state index contributed by atoms with van der Waals surface area (Å²) in [7, 11) is 3.61. The van der Waals surface area contributed by atoms with E-state index in [9.17, 15) is 0 Å². The number of nitrogens with one attached hydrogen (secondary N) is 1. The number of nitrogens with zero attached hydrogens (tertiary/aromatic N) is 1. The highest BCUT2D eigenvalue weighted by Gasteiger charge is 2.16. The highest BCUT2D eigenvalue weighted by molar-refractivity contribution is 9.10. The summed E-state index contributed by atoms with van der Waals surface area (Å²) < 4.78 is 6.20. The van der Waals surface area contributed by atoms with Gasteiger partial charge in [0.2, 0.25) is 0 Å². The van der Waals surface area contributed by atoms with E-state index in [0.717, 1.165) is 20.9 Å². The normalized spacial score (nSPS) is 12.4. The van der Waals surface area contributed by atoms with E-state index in [1.165, 1.54) is 5.56 Å². The highest BCUT2D eigenvalue weighted by atomic mass is 79.9. The predicted octanol–water partition coefficient (Wildman–Crippen LogP) is 3.53. The van der Waals surface area contributed by atoms with Crippen LogP contribution < -0.4 is 10.1 Å². The van der Waals surface area contributed by atoms with Crippen molar-refractivity contribution in [1.29, 1.82) is 0 Å². The molecule has 1 heterocycles. The van der Waals surface area contributed by atoms with Gasteiger partial charge in [-0.1, -0.05) is 6.07 Å². The second kappa shape index (κ2) is 5.82. The van der Waals surface area contributed by atoms with E-state index in [1.807, 2.05) is 20.0 Å². The first-order valence-electron chi connectivity index (χ1n) is 5.58. The fourth-order valence-electron chi connectivity index (χ4n) is 1.80. The van der Waals surface area contributed by atoms with E-state index >= 15 is 0 Å². The molecule has 1 N–H and O–H groups in total. The van der Waals surface area contributed by atoms with Gasteiger partial charge in [0, 0.05) is 11.1 Å². The third-order valence-corrected chi connectivity index (χ3v) is 4.33. The molecule has 2 rings (SSSR count). The van der Waals surface area contributed by atoms with Crippen LogP contribution in [-0.2, 0) is 0 Å². The standard InChI is InChI=1S/C13H15BrN2OS/c1-8-7-18-13(16-8)12(15-2)9-4-5-11(17-3)10(14)6-9/h4-7,12,15H,1-3H3.